The Kier molecular flexibility index (Phi) is 4.96. The molecule has 0 unspecified atom stereocenters. The third-order valence-electron chi connectivity index (χ3n) is 2.72. The summed E-state index contributed by atoms with van der Waals surface area (Å²) >= 11 is 3.40. The fourth-order valence-corrected chi connectivity index (χ4v) is 2.12. The quantitative estimate of drug-likeness (QED) is 0.667. The van der Waals surface area contributed by atoms with Gasteiger partial charge in [-0.3, -0.25) is 4.79 Å². The average molecular weight is 331 g/mol. The number of nitrogen functional groups attached to an aromatic ring is 1. The van der Waals surface area contributed by atoms with Gasteiger partial charge < -0.3 is 11.1 Å². The molecule has 102 valence electrons. The molecule has 1 amide bonds. The van der Waals surface area contributed by atoms with E-state index in [9.17, 15) is 4.79 Å². The normalized spacial score (nSPS) is 10.7. The lowest BCUT2D eigenvalue weighted by Gasteiger charge is -2.03. The number of nitrogens with two attached hydrogens (primary N) is 1. The zero-order chi connectivity index (χ0) is 14.4. The molecule has 2 aromatic carbocycles. The number of carbonyl (C=O) groups excluding carboxylic acids is 1. The molecule has 0 atom stereocenters. The minimum Gasteiger partial charge on any atom is -0.399 e. The highest BCUT2D eigenvalue weighted by atomic mass is 79.9. The van der Waals surface area contributed by atoms with Gasteiger partial charge in [0.1, 0.15) is 0 Å². The van der Waals surface area contributed by atoms with Crippen molar-refractivity contribution in [3.8, 4) is 0 Å². The highest BCUT2D eigenvalue weighted by molar-refractivity contribution is 9.10. The van der Waals surface area contributed by atoms with E-state index in [4.69, 9.17) is 5.73 Å². The molecule has 0 aromatic heterocycles. The molecule has 0 spiro atoms. The van der Waals surface area contributed by atoms with Crippen molar-refractivity contribution in [1.82, 2.24) is 5.32 Å². The average Bonchev–Trinajstić information content (AvgIpc) is 2.45. The largest absolute Gasteiger partial charge is 0.399 e. The van der Waals surface area contributed by atoms with Crippen LogP contribution in [0.4, 0.5) is 5.69 Å². The summed E-state index contributed by atoms with van der Waals surface area (Å²) in [6, 6.07) is 15.2. The Hall–Kier alpha value is -2.07. The topological polar surface area (TPSA) is 55.1 Å². The molecule has 0 saturated carbocycles. The Morgan fingerprint density at radius 1 is 1.20 bits per heavy atom. The van der Waals surface area contributed by atoms with Gasteiger partial charge in [-0.1, -0.05) is 40.2 Å². The van der Waals surface area contributed by atoms with Crippen molar-refractivity contribution < 1.29 is 4.79 Å². The van der Waals surface area contributed by atoms with Crippen molar-refractivity contribution in [2.24, 2.45) is 0 Å². The van der Waals surface area contributed by atoms with Gasteiger partial charge in [0.15, 0.2) is 0 Å². The highest BCUT2D eigenvalue weighted by Gasteiger charge is 1.97. The molecule has 2 aromatic rings. The number of anilines is 1. The maximum Gasteiger partial charge on any atom is 0.244 e. The lowest BCUT2D eigenvalue weighted by Crippen LogP contribution is -2.20. The predicted molar refractivity (Wildman–Crippen MR) is 85.9 cm³/mol. The first-order valence-corrected chi connectivity index (χ1v) is 6.99. The van der Waals surface area contributed by atoms with Crippen molar-refractivity contribution >= 4 is 33.6 Å². The van der Waals surface area contributed by atoms with E-state index in [-0.39, 0.29) is 5.91 Å². The predicted octanol–water partition coefficient (Wildman–Crippen LogP) is 3.36. The minimum absolute atomic E-state index is 0.123. The van der Waals surface area contributed by atoms with Gasteiger partial charge in [-0.05, 0) is 41.5 Å². The van der Waals surface area contributed by atoms with Crippen LogP contribution in [0.2, 0.25) is 0 Å². The Labute approximate surface area is 126 Å². The second-order valence-corrected chi connectivity index (χ2v) is 5.26. The van der Waals surface area contributed by atoms with Crippen LogP contribution in [0.25, 0.3) is 6.08 Å². The highest BCUT2D eigenvalue weighted by Crippen LogP contribution is 2.11. The van der Waals surface area contributed by atoms with Gasteiger partial charge in [-0.15, -0.1) is 0 Å². The van der Waals surface area contributed by atoms with Crippen LogP contribution in [0, 0.1) is 0 Å². The summed E-state index contributed by atoms with van der Waals surface area (Å²) in [5.74, 6) is -0.123. The number of benzene rings is 2. The number of hydrogen-bond acceptors (Lipinski definition) is 2. The van der Waals surface area contributed by atoms with Crippen molar-refractivity contribution in [1.29, 1.82) is 0 Å². The molecule has 3 nitrogen and oxygen atoms in total. The summed E-state index contributed by atoms with van der Waals surface area (Å²) in [5.41, 5.74) is 8.30. The SMILES string of the molecule is Nc1ccc(/C=C/C(=O)NCc2cccc(Br)c2)cc1. The van der Waals surface area contributed by atoms with Crippen LogP contribution in [0.1, 0.15) is 11.1 Å². The van der Waals surface area contributed by atoms with Crippen molar-refractivity contribution in [3.63, 3.8) is 0 Å². The number of rotatable bonds is 4. The van der Waals surface area contributed by atoms with Crippen molar-refractivity contribution in [2.75, 3.05) is 5.73 Å². The zero-order valence-electron chi connectivity index (χ0n) is 10.8. The van der Waals surface area contributed by atoms with Gasteiger partial charge in [0.05, 0.1) is 0 Å². The van der Waals surface area contributed by atoms with Gasteiger partial charge in [-0.25, -0.2) is 0 Å². The standard InChI is InChI=1S/C16H15BrN2O/c17-14-3-1-2-13(10-14)11-19-16(20)9-6-12-4-7-15(18)8-5-12/h1-10H,11,18H2,(H,19,20)/b9-6+. The van der Waals surface area contributed by atoms with E-state index in [0.29, 0.717) is 12.2 Å². The van der Waals surface area contributed by atoms with Gasteiger partial charge in [0, 0.05) is 22.8 Å². The van der Waals surface area contributed by atoms with Crippen LogP contribution in [0.3, 0.4) is 0 Å². The maximum atomic E-state index is 11.7. The molecule has 2 rings (SSSR count). The first kappa shape index (κ1) is 14.3. The Morgan fingerprint density at radius 3 is 2.65 bits per heavy atom. The summed E-state index contributed by atoms with van der Waals surface area (Å²) in [7, 11) is 0. The number of nitrogens with one attached hydrogen (secondary N) is 1. The molecule has 0 fully saturated rings. The fraction of sp³-hybridized carbons (Fsp3) is 0.0625. The molecule has 0 radical (unpaired) electrons. The first-order valence-electron chi connectivity index (χ1n) is 6.19. The van der Waals surface area contributed by atoms with Crippen LogP contribution in [-0.2, 0) is 11.3 Å². The molecule has 20 heavy (non-hydrogen) atoms. The van der Waals surface area contributed by atoms with Gasteiger partial charge in [0.2, 0.25) is 5.91 Å². The van der Waals surface area contributed by atoms with E-state index in [0.717, 1.165) is 15.6 Å². The van der Waals surface area contributed by atoms with Crippen molar-refractivity contribution in [2.45, 2.75) is 6.54 Å². The number of amides is 1. The Bertz CT molecular complexity index is 621. The second kappa shape index (κ2) is 6.91. The third-order valence-corrected chi connectivity index (χ3v) is 3.21. The van der Waals surface area contributed by atoms with Crippen LogP contribution < -0.4 is 11.1 Å². The molecule has 3 N–H and O–H groups in total. The molecule has 4 heteroatoms. The molecule has 0 aliphatic rings. The summed E-state index contributed by atoms with van der Waals surface area (Å²) in [6.45, 7) is 0.504. The lowest BCUT2D eigenvalue weighted by molar-refractivity contribution is -0.116. The first-order chi connectivity index (χ1) is 9.63. The summed E-state index contributed by atoms with van der Waals surface area (Å²) in [6.07, 6.45) is 3.28. The molecule has 0 heterocycles. The van der Waals surface area contributed by atoms with Crippen molar-refractivity contribution in [3.05, 3.63) is 70.2 Å². The fourth-order valence-electron chi connectivity index (χ4n) is 1.67. The van der Waals surface area contributed by atoms with E-state index in [1.807, 2.05) is 36.4 Å². The van der Waals surface area contributed by atoms with Crippen LogP contribution >= 0.6 is 15.9 Å². The molecule has 0 aliphatic heterocycles. The minimum atomic E-state index is -0.123. The van der Waals surface area contributed by atoms with E-state index in [2.05, 4.69) is 21.2 Å². The zero-order valence-corrected chi connectivity index (χ0v) is 12.4. The Morgan fingerprint density at radius 2 is 1.95 bits per heavy atom. The van der Waals surface area contributed by atoms with Gasteiger partial charge >= 0.3 is 0 Å². The van der Waals surface area contributed by atoms with E-state index >= 15 is 0 Å². The summed E-state index contributed by atoms with van der Waals surface area (Å²) in [5, 5.41) is 2.84. The number of carbonyl (C=O) groups is 1. The van der Waals surface area contributed by atoms with Gasteiger partial charge in [-0.2, -0.15) is 0 Å². The molecular formula is C16H15BrN2O. The summed E-state index contributed by atoms with van der Waals surface area (Å²) < 4.78 is 1.00. The smallest absolute Gasteiger partial charge is 0.244 e. The van der Waals surface area contributed by atoms with E-state index < -0.39 is 0 Å². The maximum absolute atomic E-state index is 11.7. The second-order valence-electron chi connectivity index (χ2n) is 4.35. The number of hydrogen-bond donors (Lipinski definition) is 2. The number of halogens is 1. The molecular weight excluding hydrogens is 316 g/mol. The lowest BCUT2D eigenvalue weighted by atomic mass is 10.2. The van der Waals surface area contributed by atoms with Crippen LogP contribution in [-0.4, -0.2) is 5.91 Å². The molecule has 0 saturated heterocycles. The van der Waals surface area contributed by atoms with Crippen LogP contribution in [0.5, 0.6) is 0 Å². The Balaban J connectivity index is 1.88. The molecule has 0 aliphatic carbocycles. The van der Waals surface area contributed by atoms with E-state index in [1.54, 1.807) is 18.2 Å². The van der Waals surface area contributed by atoms with E-state index in [1.165, 1.54) is 6.08 Å². The third kappa shape index (κ3) is 4.55. The summed E-state index contributed by atoms with van der Waals surface area (Å²) in [4.78, 5) is 11.7. The monoisotopic (exact) mass is 330 g/mol. The van der Waals surface area contributed by atoms with Gasteiger partial charge in [0.25, 0.3) is 0 Å². The van der Waals surface area contributed by atoms with Crippen LogP contribution in [0.15, 0.2) is 59.1 Å². The molecule has 0 bridgehead atoms.